The largest absolute Gasteiger partial charge is 0.481 e. The fourth-order valence-electron chi connectivity index (χ4n) is 2.90. The number of carbonyl (C=O) groups is 2. The molecule has 1 heterocycles. The third kappa shape index (κ3) is 5.04. The molecule has 116 valence electrons. The highest BCUT2D eigenvalue weighted by Crippen LogP contribution is 2.31. The summed E-state index contributed by atoms with van der Waals surface area (Å²) in [4.78, 5) is 23.1. The van der Waals surface area contributed by atoms with Gasteiger partial charge in [-0.3, -0.25) is 4.79 Å². The third-order valence-electron chi connectivity index (χ3n) is 3.96. The van der Waals surface area contributed by atoms with Gasteiger partial charge in [-0.1, -0.05) is 19.3 Å². The molecule has 1 aromatic heterocycles. The standard InChI is InChI=1S/C15H22N2O3S/c18-13(19)10-15(6-2-1-3-7-15)17-14(20)16-8-4-12-5-9-21-11-12/h5,9,11H,1-4,6-8,10H2,(H,18,19)(H2,16,17,20). The molecule has 2 rings (SSSR count). The van der Waals surface area contributed by atoms with E-state index in [1.165, 1.54) is 5.56 Å². The smallest absolute Gasteiger partial charge is 0.315 e. The van der Waals surface area contributed by atoms with Gasteiger partial charge in [-0.2, -0.15) is 11.3 Å². The Morgan fingerprint density at radius 2 is 2.05 bits per heavy atom. The number of thiophene rings is 1. The topological polar surface area (TPSA) is 78.4 Å². The summed E-state index contributed by atoms with van der Waals surface area (Å²) in [6.45, 7) is 0.561. The van der Waals surface area contributed by atoms with Crippen molar-refractivity contribution in [3.63, 3.8) is 0 Å². The molecule has 21 heavy (non-hydrogen) atoms. The van der Waals surface area contributed by atoms with Gasteiger partial charge in [-0.15, -0.1) is 0 Å². The van der Waals surface area contributed by atoms with E-state index >= 15 is 0 Å². The molecule has 5 nitrogen and oxygen atoms in total. The predicted molar refractivity (Wildman–Crippen MR) is 82.6 cm³/mol. The molecule has 6 heteroatoms. The Morgan fingerprint density at radius 1 is 1.29 bits per heavy atom. The van der Waals surface area contributed by atoms with Gasteiger partial charge < -0.3 is 15.7 Å². The van der Waals surface area contributed by atoms with E-state index in [0.29, 0.717) is 6.54 Å². The molecule has 0 atom stereocenters. The Kier molecular flexibility index (Phi) is 5.61. The summed E-state index contributed by atoms with van der Waals surface area (Å²) in [6.07, 6.45) is 5.36. The molecule has 1 aliphatic carbocycles. The van der Waals surface area contributed by atoms with Crippen LogP contribution in [-0.2, 0) is 11.2 Å². The van der Waals surface area contributed by atoms with Crippen molar-refractivity contribution in [3.05, 3.63) is 22.4 Å². The average Bonchev–Trinajstić information content (AvgIpc) is 2.91. The van der Waals surface area contributed by atoms with Crippen LogP contribution in [0, 0.1) is 0 Å². The van der Waals surface area contributed by atoms with Crippen molar-refractivity contribution in [2.75, 3.05) is 6.54 Å². The molecule has 1 saturated carbocycles. The van der Waals surface area contributed by atoms with Gasteiger partial charge in [-0.05, 0) is 41.7 Å². The molecular weight excluding hydrogens is 288 g/mol. The van der Waals surface area contributed by atoms with Crippen molar-refractivity contribution in [1.29, 1.82) is 0 Å². The Labute approximate surface area is 128 Å². The lowest BCUT2D eigenvalue weighted by atomic mass is 9.79. The van der Waals surface area contributed by atoms with E-state index in [2.05, 4.69) is 16.0 Å². The number of aliphatic carboxylic acids is 1. The van der Waals surface area contributed by atoms with Crippen molar-refractivity contribution in [2.45, 2.75) is 50.5 Å². The lowest BCUT2D eigenvalue weighted by Crippen LogP contribution is -2.54. The molecule has 3 N–H and O–H groups in total. The fourth-order valence-corrected chi connectivity index (χ4v) is 3.61. The molecule has 0 aliphatic heterocycles. The summed E-state index contributed by atoms with van der Waals surface area (Å²) in [7, 11) is 0. The van der Waals surface area contributed by atoms with Crippen molar-refractivity contribution < 1.29 is 14.7 Å². The second-order valence-corrected chi connectivity index (χ2v) is 6.45. The minimum atomic E-state index is -0.851. The average molecular weight is 310 g/mol. The van der Waals surface area contributed by atoms with Crippen molar-refractivity contribution in [2.24, 2.45) is 0 Å². The van der Waals surface area contributed by atoms with E-state index in [0.717, 1.165) is 38.5 Å². The first-order chi connectivity index (χ1) is 10.1. The van der Waals surface area contributed by atoms with Crippen LogP contribution in [-0.4, -0.2) is 29.2 Å². The maximum Gasteiger partial charge on any atom is 0.315 e. The zero-order valence-corrected chi connectivity index (χ0v) is 12.9. The van der Waals surface area contributed by atoms with Crippen LogP contribution in [0.15, 0.2) is 16.8 Å². The molecular formula is C15H22N2O3S. The molecule has 0 aromatic carbocycles. The monoisotopic (exact) mass is 310 g/mol. The summed E-state index contributed by atoms with van der Waals surface area (Å²) >= 11 is 1.64. The highest BCUT2D eigenvalue weighted by Gasteiger charge is 2.35. The number of urea groups is 1. The number of rotatable bonds is 6. The van der Waals surface area contributed by atoms with Crippen LogP contribution in [0.25, 0.3) is 0 Å². The first kappa shape index (κ1) is 15.8. The van der Waals surface area contributed by atoms with Gasteiger partial charge in [0.1, 0.15) is 0 Å². The van der Waals surface area contributed by atoms with Crippen molar-refractivity contribution in [1.82, 2.24) is 10.6 Å². The quantitative estimate of drug-likeness (QED) is 0.756. The summed E-state index contributed by atoms with van der Waals surface area (Å²) in [5.74, 6) is -0.851. The molecule has 1 fully saturated rings. The van der Waals surface area contributed by atoms with Crippen molar-refractivity contribution in [3.8, 4) is 0 Å². The molecule has 0 spiro atoms. The number of hydrogen-bond acceptors (Lipinski definition) is 3. The van der Waals surface area contributed by atoms with Crippen LogP contribution < -0.4 is 10.6 Å². The van der Waals surface area contributed by atoms with Crippen LogP contribution in [0.3, 0.4) is 0 Å². The lowest BCUT2D eigenvalue weighted by Gasteiger charge is -2.36. The SMILES string of the molecule is O=C(O)CC1(NC(=O)NCCc2ccsc2)CCCCC1. The zero-order valence-electron chi connectivity index (χ0n) is 12.1. The normalized spacial score (nSPS) is 17.1. The Bertz CT molecular complexity index is 467. The number of carbonyl (C=O) groups excluding carboxylic acids is 1. The molecule has 2 amide bonds. The van der Waals surface area contributed by atoms with Crippen LogP contribution in [0.4, 0.5) is 4.79 Å². The van der Waals surface area contributed by atoms with Gasteiger partial charge in [0.2, 0.25) is 0 Å². The van der Waals surface area contributed by atoms with E-state index in [4.69, 9.17) is 5.11 Å². The fraction of sp³-hybridized carbons (Fsp3) is 0.600. The number of nitrogens with one attached hydrogen (secondary N) is 2. The van der Waals surface area contributed by atoms with Crippen LogP contribution in [0.2, 0.25) is 0 Å². The highest BCUT2D eigenvalue weighted by molar-refractivity contribution is 7.07. The van der Waals surface area contributed by atoms with Crippen LogP contribution in [0.1, 0.15) is 44.1 Å². The zero-order chi connectivity index (χ0) is 15.1. The van der Waals surface area contributed by atoms with E-state index in [1.54, 1.807) is 11.3 Å². The summed E-state index contributed by atoms with van der Waals surface area (Å²) in [6, 6.07) is 1.78. The minimum absolute atomic E-state index is 0.00491. The van der Waals surface area contributed by atoms with Gasteiger partial charge in [-0.25, -0.2) is 4.79 Å². The third-order valence-corrected chi connectivity index (χ3v) is 4.69. The molecule has 1 aromatic rings. The van der Waals surface area contributed by atoms with Gasteiger partial charge in [0.05, 0.1) is 12.0 Å². The first-order valence-corrected chi connectivity index (χ1v) is 8.33. The second kappa shape index (κ2) is 7.45. The number of hydrogen-bond donors (Lipinski definition) is 3. The summed E-state index contributed by atoms with van der Waals surface area (Å²) in [5, 5.41) is 18.9. The number of carboxylic acid groups (broad SMARTS) is 1. The second-order valence-electron chi connectivity index (χ2n) is 5.67. The molecule has 1 aliphatic rings. The Morgan fingerprint density at radius 3 is 2.67 bits per heavy atom. The van der Waals surface area contributed by atoms with E-state index < -0.39 is 11.5 Å². The van der Waals surface area contributed by atoms with Gasteiger partial charge >= 0.3 is 12.0 Å². The summed E-state index contributed by atoms with van der Waals surface area (Å²) < 4.78 is 0. The maximum absolute atomic E-state index is 12.0. The predicted octanol–water partition coefficient (Wildman–Crippen LogP) is 2.77. The van der Waals surface area contributed by atoms with E-state index in [1.807, 2.05) is 11.4 Å². The first-order valence-electron chi connectivity index (χ1n) is 7.39. The van der Waals surface area contributed by atoms with Gasteiger partial charge in [0.25, 0.3) is 0 Å². The summed E-state index contributed by atoms with van der Waals surface area (Å²) in [5.41, 5.74) is 0.634. The van der Waals surface area contributed by atoms with Crippen LogP contribution in [0.5, 0.6) is 0 Å². The number of carboxylic acids is 1. The van der Waals surface area contributed by atoms with E-state index in [9.17, 15) is 9.59 Å². The molecule has 0 radical (unpaired) electrons. The number of amides is 2. The Balaban J connectivity index is 1.81. The van der Waals surface area contributed by atoms with Gasteiger partial charge in [0, 0.05) is 6.54 Å². The lowest BCUT2D eigenvalue weighted by molar-refractivity contribution is -0.139. The molecule has 0 saturated heterocycles. The maximum atomic E-state index is 12.0. The van der Waals surface area contributed by atoms with Crippen molar-refractivity contribution >= 4 is 23.3 Å². The van der Waals surface area contributed by atoms with Crippen LogP contribution >= 0.6 is 11.3 Å². The minimum Gasteiger partial charge on any atom is -0.481 e. The van der Waals surface area contributed by atoms with E-state index in [-0.39, 0.29) is 12.5 Å². The highest BCUT2D eigenvalue weighted by atomic mass is 32.1. The molecule has 0 bridgehead atoms. The molecule has 0 unspecified atom stereocenters. The Hall–Kier alpha value is -1.56. The van der Waals surface area contributed by atoms with Gasteiger partial charge in [0.15, 0.2) is 0 Å².